The van der Waals surface area contributed by atoms with E-state index in [4.69, 9.17) is 0 Å². The molecule has 0 unspecified atom stereocenters. The molecule has 0 radical (unpaired) electrons. The summed E-state index contributed by atoms with van der Waals surface area (Å²) in [6, 6.07) is 14.5. The number of amides is 2. The molecule has 3 aromatic rings. The molecule has 2 N–H and O–H groups in total. The van der Waals surface area contributed by atoms with Gasteiger partial charge < -0.3 is 10.6 Å². The maximum Gasteiger partial charge on any atom is 0.255 e. The summed E-state index contributed by atoms with van der Waals surface area (Å²) in [6.45, 7) is 1.44. The molecule has 0 aliphatic rings. The van der Waals surface area contributed by atoms with Gasteiger partial charge in [-0.1, -0.05) is 29.5 Å². The highest BCUT2D eigenvalue weighted by Gasteiger charge is 2.08. The second kappa shape index (κ2) is 5.95. The third-order valence-corrected chi connectivity index (χ3v) is 3.90. The van der Waals surface area contributed by atoms with E-state index in [0.29, 0.717) is 16.4 Å². The number of rotatable bonds is 3. The summed E-state index contributed by atoms with van der Waals surface area (Å²) in [5.74, 6) is -0.316. The van der Waals surface area contributed by atoms with Crippen molar-refractivity contribution in [2.75, 3.05) is 10.6 Å². The van der Waals surface area contributed by atoms with Gasteiger partial charge in [0.2, 0.25) is 5.91 Å². The molecule has 22 heavy (non-hydrogen) atoms. The number of aromatic nitrogens is 1. The highest BCUT2D eigenvalue weighted by atomic mass is 32.1. The van der Waals surface area contributed by atoms with Crippen molar-refractivity contribution in [1.29, 1.82) is 0 Å². The SMILES string of the molecule is CC(=O)Nc1nc2ccc(NC(=O)c3ccccc3)cc2s1. The van der Waals surface area contributed by atoms with Crippen molar-refractivity contribution in [3.05, 3.63) is 54.1 Å². The second-order valence-electron chi connectivity index (χ2n) is 4.70. The van der Waals surface area contributed by atoms with Crippen molar-refractivity contribution in [1.82, 2.24) is 4.98 Å². The minimum absolute atomic E-state index is 0.156. The van der Waals surface area contributed by atoms with E-state index in [0.717, 1.165) is 10.2 Å². The summed E-state index contributed by atoms with van der Waals surface area (Å²) in [4.78, 5) is 27.5. The fraction of sp³-hybridized carbons (Fsp3) is 0.0625. The summed E-state index contributed by atoms with van der Waals surface area (Å²) in [5, 5.41) is 6.06. The number of carbonyl (C=O) groups is 2. The number of carbonyl (C=O) groups excluding carboxylic acids is 2. The first-order valence-electron chi connectivity index (χ1n) is 6.66. The molecule has 0 saturated heterocycles. The maximum absolute atomic E-state index is 12.1. The number of nitrogens with one attached hydrogen (secondary N) is 2. The van der Waals surface area contributed by atoms with E-state index in [2.05, 4.69) is 15.6 Å². The molecular formula is C16H13N3O2S. The average molecular weight is 311 g/mol. The topological polar surface area (TPSA) is 71.1 Å². The van der Waals surface area contributed by atoms with Crippen molar-refractivity contribution < 1.29 is 9.59 Å². The number of anilines is 2. The molecule has 0 aliphatic heterocycles. The van der Waals surface area contributed by atoms with Crippen molar-refractivity contribution >= 4 is 44.2 Å². The molecule has 0 bridgehead atoms. The van der Waals surface area contributed by atoms with Crippen LogP contribution in [-0.2, 0) is 4.79 Å². The molecule has 0 fully saturated rings. The van der Waals surface area contributed by atoms with Gasteiger partial charge in [-0.2, -0.15) is 0 Å². The van der Waals surface area contributed by atoms with Crippen molar-refractivity contribution in [3.8, 4) is 0 Å². The largest absolute Gasteiger partial charge is 0.322 e. The monoisotopic (exact) mass is 311 g/mol. The van der Waals surface area contributed by atoms with Gasteiger partial charge in [0, 0.05) is 18.2 Å². The van der Waals surface area contributed by atoms with E-state index in [-0.39, 0.29) is 11.8 Å². The predicted molar refractivity (Wildman–Crippen MR) is 88.3 cm³/mol. The average Bonchev–Trinajstić information content (AvgIpc) is 2.88. The molecular weight excluding hydrogens is 298 g/mol. The molecule has 0 saturated carbocycles. The molecule has 0 spiro atoms. The van der Waals surface area contributed by atoms with E-state index in [1.54, 1.807) is 18.2 Å². The van der Waals surface area contributed by atoms with Crippen molar-refractivity contribution in [3.63, 3.8) is 0 Å². The highest BCUT2D eigenvalue weighted by molar-refractivity contribution is 7.22. The van der Waals surface area contributed by atoms with Crippen molar-refractivity contribution in [2.24, 2.45) is 0 Å². The van der Waals surface area contributed by atoms with Gasteiger partial charge >= 0.3 is 0 Å². The standard InChI is InChI=1S/C16H13N3O2S/c1-10(20)17-16-19-13-8-7-12(9-14(13)22-16)18-15(21)11-5-3-2-4-6-11/h2-9H,1H3,(H,18,21)(H,17,19,20). The summed E-state index contributed by atoms with van der Waals surface area (Å²) in [5.41, 5.74) is 2.08. The highest BCUT2D eigenvalue weighted by Crippen LogP contribution is 2.28. The molecule has 3 rings (SSSR count). The Morgan fingerprint density at radius 3 is 2.55 bits per heavy atom. The Morgan fingerprint density at radius 1 is 1.05 bits per heavy atom. The lowest BCUT2D eigenvalue weighted by Crippen LogP contribution is -2.11. The smallest absolute Gasteiger partial charge is 0.255 e. The summed E-state index contributed by atoms with van der Waals surface area (Å²) < 4.78 is 0.898. The van der Waals surface area contributed by atoms with Gasteiger partial charge in [-0.25, -0.2) is 4.98 Å². The van der Waals surface area contributed by atoms with Gasteiger partial charge in [-0.3, -0.25) is 9.59 Å². The lowest BCUT2D eigenvalue weighted by molar-refractivity contribution is -0.114. The van der Waals surface area contributed by atoms with Gasteiger partial charge in [-0.15, -0.1) is 0 Å². The van der Waals surface area contributed by atoms with E-state index in [1.165, 1.54) is 18.3 Å². The van der Waals surface area contributed by atoms with Crippen LogP contribution in [0.15, 0.2) is 48.5 Å². The number of benzene rings is 2. The third kappa shape index (κ3) is 3.12. The maximum atomic E-state index is 12.1. The van der Waals surface area contributed by atoms with Crippen LogP contribution in [0.1, 0.15) is 17.3 Å². The van der Waals surface area contributed by atoms with Gasteiger partial charge in [0.1, 0.15) is 0 Å². The van der Waals surface area contributed by atoms with Gasteiger partial charge in [-0.05, 0) is 30.3 Å². The van der Waals surface area contributed by atoms with Crippen LogP contribution >= 0.6 is 11.3 Å². The second-order valence-corrected chi connectivity index (χ2v) is 5.73. The fourth-order valence-corrected chi connectivity index (χ4v) is 2.95. The van der Waals surface area contributed by atoms with Crippen LogP contribution in [0.5, 0.6) is 0 Å². The van der Waals surface area contributed by atoms with Crippen LogP contribution in [0, 0.1) is 0 Å². The van der Waals surface area contributed by atoms with Crippen molar-refractivity contribution in [2.45, 2.75) is 6.92 Å². The number of nitrogens with zero attached hydrogens (tertiary/aromatic N) is 1. The first-order valence-corrected chi connectivity index (χ1v) is 7.48. The zero-order valence-corrected chi connectivity index (χ0v) is 12.6. The first kappa shape index (κ1) is 14.2. The molecule has 2 amide bonds. The van der Waals surface area contributed by atoms with Crippen LogP contribution in [-0.4, -0.2) is 16.8 Å². The normalized spacial score (nSPS) is 10.4. The van der Waals surface area contributed by atoms with E-state index in [1.807, 2.05) is 30.3 Å². The van der Waals surface area contributed by atoms with Crippen LogP contribution in [0.4, 0.5) is 10.8 Å². The molecule has 110 valence electrons. The minimum Gasteiger partial charge on any atom is -0.322 e. The van der Waals surface area contributed by atoms with Crippen LogP contribution < -0.4 is 10.6 Å². The Bertz CT molecular complexity index is 843. The lowest BCUT2D eigenvalue weighted by Gasteiger charge is -2.04. The lowest BCUT2D eigenvalue weighted by atomic mass is 10.2. The van der Waals surface area contributed by atoms with E-state index >= 15 is 0 Å². The van der Waals surface area contributed by atoms with E-state index in [9.17, 15) is 9.59 Å². The fourth-order valence-electron chi connectivity index (χ4n) is 2.00. The van der Waals surface area contributed by atoms with E-state index < -0.39 is 0 Å². The minimum atomic E-state index is -0.161. The zero-order valence-electron chi connectivity index (χ0n) is 11.8. The quantitative estimate of drug-likeness (QED) is 0.777. The number of hydrogen-bond donors (Lipinski definition) is 2. The number of thiazole rings is 1. The molecule has 0 atom stereocenters. The Morgan fingerprint density at radius 2 is 1.82 bits per heavy atom. The Kier molecular flexibility index (Phi) is 3.84. The third-order valence-electron chi connectivity index (χ3n) is 2.97. The molecule has 2 aromatic carbocycles. The molecule has 1 aromatic heterocycles. The Labute approximate surface area is 131 Å². The predicted octanol–water partition coefficient (Wildman–Crippen LogP) is 3.51. The van der Waals surface area contributed by atoms with Crippen LogP contribution in [0.3, 0.4) is 0 Å². The van der Waals surface area contributed by atoms with Gasteiger partial charge in [0.25, 0.3) is 5.91 Å². The molecule has 6 heteroatoms. The Balaban J connectivity index is 1.82. The molecule has 5 nitrogen and oxygen atoms in total. The summed E-state index contributed by atoms with van der Waals surface area (Å²) in [6.07, 6.45) is 0. The van der Waals surface area contributed by atoms with Crippen LogP contribution in [0.25, 0.3) is 10.2 Å². The number of hydrogen-bond acceptors (Lipinski definition) is 4. The number of fused-ring (bicyclic) bond motifs is 1. The first-order chi connectivity index (χ1) is 10.6. The molecule has 1 heterocycles. The van der Waals surface area contributed by atoms with Crippen LogP contribution in [0.2, 0.25) is 0 Å². The zero-order chi connectivity index (χ0) is 15.5. The molecule has 0 aliphatic carbocycles. The Hall–Kier alpha value is -2.73. The van der Waals surface area contributed by atoms with Gasteiger partial charge in [0.15, 0.2) is 5.13 Å². The summed E-state index contributed by atoms with van der Waals surface area (Å²) in [7, 11) is 0. The van der Waals surface area contributed by atoms with Gasteiger partial charge in [0.05, 0.1) is 10.2 Å². The summed E-state index contributed by atoms with van der Waals surface area (Å²) >= 11 is 1.37.